The molecule has 0 atom stereocenters. The van der Waals surface area contributed by atoms with E-state index < -0.39 is 0 Å². The van der Waals surface area contributed by atoms with E-state index in [0.717, 1.165) is 37.5 Å². The van der Waals surface area contributed by atoms with Crippen LogP contribution >= 0.6 is 0 Å². The average Bonchev–Trinajstić information content (AvgIpc) is 2.92. The molecule has 0 saturated heterocycles. The molecular formula is C13H17N3O2. The van der Waals surface area contributed by atoms with Crippen molar-refractivity contribution in [1.29, 1.82) is 0 Å². The summed E-state index contributed by atoms with van der Waals surface area (Å²) in [6.07, 6.45) is 3.14. The van der Waals surface area contributed by atoms with Gasteiger partial charge in [0, 0.05) is 13.0 Å². The van der Waals surface area contributed by atoms with Gasteiger partial charge in [0.2, 0.25) is 6.39 Å². The van der Waals surface area contributed by atoms with E-state index in [1.165, 1.54) is 12.0 Å². The molecule has 0 fully saturated rings. The molecule has 2 aromatic rings. The molecule has 0 aliphatic heterocycles. The van der Waals surface area contributed by atoms with Gasteiger partial charge >= 0.3 is 0 Å². The second kappa shape index (κ2) is 6.76. The van der Waals surface area contributed by atoms with Crippen LogP contribution in [-0.2, 0) is 12.8 Å². The van der Waals surface area contributed by atoms with E-state index in [1.54, 1.807) is 7.11 Å². The fourth-order valence-corrected chi connectivity index (χ4v) is 1.65. The molecule has 2 rings (SSSR count). The molecule has 1 heterocycles. The first-order chi connectivity index (χ1) is 8.88. The summed E-state index contributed by atoms with van der Waals surface area (Å²) in [6.45, 7) is 1.79. The predicted octanol–water partition coefficient (Wildman–Crippen LogP) is 1.45. The second-order valence-electron chi connectivity index (χ2n) is 3.95. The summed E-state index contributed by atoms with van der Waals surface area (Å²) in [7, 11) is 1.68. The molecule has 0 spiro atoms. The number of methoxy groups -OCH3 is 1. The molecule has 96 valence electrons. The van der Waals surface area contributed by atoms with Gasteiger partial charge in [0.15, 0.2) is 5.82 Å². The number of aromatic nitrogens is 2. The first-order valence-electron chi connectivity index (χ1n) is 5.97. The van der Waals surface area contributed by atoms with Crippen molar-refractivity contribution in [2.24, 2.45) is 0 Å². The van der Waals surface area contributed by atoms with Crippen molar-refractivity contribution in [3.8, 4) is 5.75 Å². The predicted molar refractivity (Wildman–Crippen MR) is 67.6 cm³/mol. The zero-order valence-electron chi connectivity index (χ0n) is 10.4. The Morgan fingerprint density at radius 2 is 1.94 bits per heavy atom. The third-order valence-electron chi connectivity index (χ3n) is 2.68. The minimum absolute atomic E-state index is 0.743. The Hall–Kier alpha value is -1.88. The zero-order chi connectivity index (χ0) is 12.6. The van der Waals surface area contributed by atoms with Crippen molar-refractivity contribution in [2.75, 3.05) is 20.2 Å². The number of hydrogen-bond acceptors (Lipinski definition) is 5. The molecule has 0 unspecified atom stereocenters. The van der Waals surface area contributed by atoms with E-state index in [2.05, 4.69) is 32.1 Å². The van der Waals surface area contributed by atoms with Gasteiger partial charge in [0.05, 0.1) is 7.11 Å². The summed E-state index contributed by atoms with van der Waals surface area (Å²) >= 11 is 0. The topological polar surface area (TPSA) is 60.2 Å². The molecule has 0 bridgehead atoms. The van der Waals surface area contributed by atoms with Gasteiger partial charge in [-0.3, -0.25) is 0 Å². The van der Waals surface area contributed by atoms with Crippen molar-refractivity contribution in [1.82, 2.24) is 15.5 Å². The van der Waals surface area contributed by atoms with Crippen molar-refractivity contribution in [3.05, 3.63) is 42.0 Å². The molecule has 1 aromatic heterocycles. The van der Waals surface area contributed by atoms with Crippen molar-refractivity contribution in [3.63, 3.8) is 0 Å². The summed E-state index contributed by atoms with van der Waals surface area (Å²) in [5, 5.41) is 7.10. The molecule has 18 heavy (non-hydrogen) atoms. The standard InChI is InChI=1S/C13H17N3O2/c1-17-12-4-2-11(3-5-12)6-8-14-9-7-13-15-10-18-16-13/h2-5,10,14H,6-9H2,1H3. The third kappa shape index (κ3) is 3.85. The lowest BCUT2D eigenvalue weighted by Gasteiger charge is -2.04. The molecular weight excluding hydrogens is 230 g/mol. The summed E-state index contributed by atoms with van der Waals surface area (Å²) in [5.74, 6) is 1.63. The molecule has 0 aliphatic carbocycles. The lowest BCUT2D eigenvalue weighted by Crippen LogP contribution is -2.20. The third-order valence-corrected chi connectivity index (χ3v) is 2.68. The van der Waals surface area contributed by atoms with Crippen LogP contribution in [0.2, 0.25) is 0 Å². The minimum Gasteiger partial charge on any atom is -0.497 e. The van der Waals surface area contributed by atoms with E-state index in [-0.39, 0.29) is 0 Å². The maximum absolute atomic E-state index is 5.12. The zero-order valence-corrected chi connectivity index (χ0v) is 10.4. The number of nitrogens with zero attached hydrogens (tertiary/aromatic N) is 2. The smallest absolute Gasteiger partial charge is 0.213 e. The lowest BCUT2D eigenvalue weighted by molar-refractivity contribution is 0.409. The highest BCUT2D eigenvalue weighted by atomic mass is 16.5. The fourth-order valence-electron chi connectivity index (χ4n) is 1.65. The number of rotatable bonds is 7. The summed E-state index contributed by atoms with van der Waals surface area (Å²) in [4.78, 5) is 3.96. The number of benzene rings is 1. The first kappa shape index (κ1) is 12.6. The number of nitrogens with one attached hydrogen (secondary N) is 1. The Morgan fingerprint density at radius 1 is 1.17 bits per heavy atom. The van der Waals surface area contributed by atoms with E-state index in [9.17, 15) is 0 Å². The highest BCUT2D eigenvalue weighted by Crippen LogP contribution is 2.11. The summed E-state index contributed by atoms with van der Waals surface area (Å²) in [6, 6.07) is 8.13. The van der Waals surface area contributed by atoms with Gasteiger partial charge in [-0.05, 0) is 30.7 Å². The van der Waals surface area contributed by atoms with Crippen molar-refractivity contribution < 1.29 is 9.26 Å². The Morgan fingerprint density at radius 3 is 2.61 bits per heavy atom. The first-order valence-corrected chi connectivity index (χ1v) is 5.97. The quantitative estimate of drug-likeness (QED) is 0.750. The van der Waals surface area contributed by atoms with Gasteiger partial charge in [-0.15, -0.1) is 0 Å². The summed E-state index contributed by atoms with van der Waals surface area (Å²) < 4.78 is 9.78. The molecule has 0 aliphatic rings. The Kier molecular flexibility index (Phi) is 4.72. The Bertz CT molecular complexity index is 440. The van der Waals surface area contributed by atoms with Crippen LogP contribution in [0.1, 0.15) is 11.4 Å². The van der Waals surface area contributed by atoms with Crippen molar-refractivity contribution in [2.45, 2.75) is 12.8 Å². The summed E-state index contributed by atoms with van der Waals surface area (Å²) in [5.41, 5.74) is 1.29. The molecule has 0 radical (unpaired) electrons. The lowest BCUT2D eigenvalue weighted by atomic mass is 10.1. The monoisotopic (exact) mass is 247 g/mol. The fraction of sp³-hybridized carbons (Fsp3) is 0.385. The second-order valence-corrected chi connectivity index (χ2v) is 3.95. The molecule has 1 aromatic carbocycles. The van der Waals surface area contributed by atoms with Crippen LogP contribution < -0.4 is 10.1 Å². The van der Waals surface area contributed by atoms with E-state index in [4.69, 9.17) is 4.74 Å². The van der Waals surface area contributed by atoms with Crippen LogP contribution in [0.5, 0.6) is 5.75 Å². The normalized spacial score (nSPS) is 10.5. The van der Waals surface area contributed by atoms with Crippen LogP contribution in [-0.4, -0.2) is 30.3 Å². The van der Waals surface area contributed by atoms with Crippen LogP contribution in [0, 0.1) is 0 Å². The minimum atomic E-state index is 0.743. The largest absolute Gasteiger partial charge is 0.497 e. The van der Waals surface area contributed by atoms with Gasteiger partial charge in [0.25, 0.3) is 0 Å². The molecule has 0 amide bonds. The number of hydrogen-bond donors (Lipinski definition) is 1. The van der Waals surface area contributed by atoms with Crippen LogP contribution in [0.25, 0.3) is 0 Å². The van der Waals surface area contributed by atoms with Gasteiger partial charge in [0.1, 0.15) is 5.75 Å². The van der Waals surface area contributed by atoms with E-state index >= 15 is 0 Å². The highest BCUT2D eigenvalue weighted by molar-refractivity contribution is 5.27. The molecule has 5 nitrogen and oxygen atoms in total. The van der Waals surface area contributed by atoms with Crippen LogP contribution in [0.3, 0.4) is 0 Å². The maximum atomic E-state index is 5.12. The molecule has 5 heteroatoms. The number of ether oxygens (including phenoxy) is 1. The van der Waals surface area contributed by atoms with E-state index in [0.29, 0.717) is 0 Å². The van der Waals surface area contributed by atoms with Gasteiger partial charge in [-0.25, -0.2) is 0 Å². The van der Waals surface area contributed by atoms with Gasteiger partial charge in [-0.2, -0.15) is 4.98 Å². The van der Waals surface area contributed by atoms with E-state index in [1.807, 2.05) is 12.1 Å². The van der Waals surface area contributed by atoms with Gasteiger partial charge < -0.3 is 14.6 Å². The van der Waals surface area contributed by atoms with Gasteiger partial charge in [-0.1, -0.05) is 17.3 Å². The molecule has 1 N–H and O–H groups in total. The SMILES string of the molecule is COc1ccc(CCNCCc2ncon2)cc1. The average molecular weight is 247 g/mol. The molecule has 0 saturated carbocycles. The maximum Gasteiger partial charge on any atom is 0.213 e. The Balaban J connectivity index is 1.62. The van der Waals surface area contributed by atoms with Crippen LogP contribution in [0.4, 0.5) is 0 Å². The van der Waals surface area contributed by atoms with Crippen LogP contribution in [0.15, 0.2) is 35.2 Å². The van der Waals surface area contributed by atoms with Crippen molar-refractivity contribution >= 4 is 0 Å². The Labute approximate surface area is 106 Å². The highest BCUT2D eigenvalue weighted by Gasteiger charge is 1.98.